The number of rotatable bonds is 2. The molecule has 1 heterocycles. The van der Waals surface area contributed by atoms with Gasteiger partial charge in [0.25, 0.3) is 0 Å². The van der Waals surface area contributed by atoms with Crippen LogP contribution in [0.4, 0.5) is 18.3 Å². The van der Waals surface area contributed by atoms with Crippen molar-refractivity contribution >= 4 is 16.7 Å². The largest absolute Gasteiger partial charge is 0.411 e. The van der Waals surface area contributed by atoms with Crippen molar-refractivity contribution in [3.05, 3.63) is 5.82 Å². The average Bonchev–Trinajstić information content (AvgIpc) is 2.73. The summed E-state index contributed by atoms with van der Waals surface area (Å²) in [6, 6.07) is 0. The topological polar surface area (TPSA) is 37.8 Å². The summed E-state index contributed by atoms with van der Waals surface area (Å²) in [6.45, 7) is 5.78. The summed E-state index contributed by atoms with van der Waals surface area (Å²) in [4.78, 5) is 4.12. The van der Waals surface area contributed by atoms with Gasteiger partial charge >= 0.3 is 6.18 Å². The van der Waals surface area contributed by atoms with E-state index >= 15 is 0 Å². The van der Waals surface area contributed by atoms with Gasteiger partial charge in [-0.15, -0.1) is 0 Å². The van der Waals surface area contributed by atoms with Crippen molar-refractivity contribution in [2.45, 2.75) is 50.7 Å². The Balaban J connectivity index is 2.13. The van der Waals surface area contributed by atoms with Gasteiger partial charge in [0.1, 0.15) is 11.4 Å². The third kappa shape index (κ3) is 2.38. The zero-order valence-electron chi connectivity index (χ0n) is 9.85. The summed E-state index contributed by atoms with van der Waals surface area (Å²) in [5.41, 5.74) is -2.01. The standard InChI is InChI=1S/C10H14F3N3S/c1-8(2,3)6-14-7(17-16-6)15-9(4-5-9)10(11,12)13/h4-5H2,1-3H3,(H,14,15,16). The molecule has 3 nitrogen and oxygen atoms in total. The van der Waals surface area contributed by atoms with Crippen molar-refractivity contribution < 1.29 is 13.2 Å². The van der Waals surface area contributed by atoms with Crippen molar-refractivity contribution in [3.63, 3.8) is 0 Å². The molecule has 0 amide bonds. The highest BCUT2D eigenvalue weighted by Crippen LogP contribution is 2.51. The average molecular weight is 265 g/mol. The maximum atomic E-state index is 12.7. The van der Waals surface area contributed by atoms with Gasteiger partial charge in [-0.2, -0.15) is 17.5 Å². The molecule has 1 saturated carbocycles. The molecule has 1 aromatic heterocycles. The molecule has 0 radical (unpaired) electrons. The molecule has 0 spiro atoms. The van der Waals surface area contributed by atoms with Crippen LogP contribution in [0.2, 0.25) is 0 Å². The Hall–Kier alpha value is -0.850. The molecule has 0 unspecified atom stereocenters. The van der Waals surface area contributed by atoms with Gasteiger partial charge in [-0.1, -0.05) is 20.8 Å². The SMILES string of the molecule is CC(C)(C)c1nsc(NC2(C(F)(F)F)CC2)n1. The second-order valence-corrected chi connectivity index (χ2v) is 6.13. The summed E-state index contributed by atoms with van der Waals surface area (Å²) in [5, 5.41) is 2.74. The normalized spacial score (nSPS) is 19.2. The van der Waals surface area contributed by atoms with E-state index in [1.807, 2.05) is 20.8 Å². The van der Waals surface area contributed by atoms with Gasteiger partial charge in [0.2, 0.25) is 5.13 Å². The van der Waals surface area contributed by atoms with Crippen molar-refractivity contribution in [2.75, 3.05) is 5.32 Å². The lowest BCUT2D eigenvalue weighted by Gasteiger charge is -2.19. The number of alkyl halides is 3. The number of hydrogen-bond donors (Lipinski definition) is 1. The first kappa shape index (κ1) is 12.6. The number of hydrogen-bond acceptors (Lipinski definition) is 4. The van der Waals surface area contributed by atoms with E-state index in [1.165, 1.54) is 0 Å². The minimum Gasteiger partial charge on any atom is -0.346 e. The predicted octanol–water partition coefficient (Wildman–Crippen LogP) is 3.34. The number of aromatic nitrogens is 2. The Morgan fingerprint density at radius 3 is 2.18 bits per heavy atom. The smallest absolute Gasteiger partial charge is 0.346 e. The molecule has 0 aliphatic heterocycles. The molecular weight excluding hydrogens is 251 g/mol. The molecule has 1 N–H and O–H groups in total. The van der Waals surface area contributed by atoms with E-state index in [9.17, 15) is 13.2 Å². The fourth-order valence-corrected chi connectivity index (χ4v) is 2.24. The Bertz CT molecular complexity index is 415. The van der Waals surface area contributed by atoms with Gasteiger partial charge in [0.05, 0.1) is 0 Å². The molecule has 96 valence electrons. The quantitative estimate of drug-likeness (QED) is 0.891. The van der Waals surface area contributed by atoms with Gasteiger partial charge in [-0.25, -0.2) is 4.98 Å². The maximum Gasteiger partial charge on any atom is 0.411 e. The van der Waals surface area contributed by atoms with E-state index in [1.54, 1.807) is 0 Å². The van der Waals surface area contributed by atoms with Gasteiger partial charge in [-0.05, 0) is 12.8 Å². The summed E-state index contributed by atoms with van der Waals surface area (Å²) < 4.78 is 42.2. The van der Waals surface area contributed by atoms with E-state index in [-0.39, 0.29) is 23.4 Å². The molecule has 0 aromatic carbocycles. The Morgan fingerprint density at radius 1 is 1.24 bits per heavy atom. The lowest BCUT2D eigenvalue weighted by atomic mass is 9.96. The molecular formula is C10H14F3N3S. The molecule has 0 saturated heterocycles. The summed E-state index contributed by atoms with van der Waals surface area (Å²) >= 11 is 0.987. The van der Waals surface area contributed by atoms with Crippen LogP contribution in [0, 0.1) is 0 Å². The van der Waals surface area contributed by atoms with Crippen LogP contribution in [0.15, 0.2) is 0 Å². The maximum absolute atomic E-state index is 12.7. The Morgan fingerprint density at radius 2 is 1.82 bits per heavy atom. The van der Waals surface area contributed by atoms with Crippen molar-refractivity contribution in [3.8, 4) is 0 Å². The number of halogens is 3. The Labute approximate surface area is 102 Å². The number of anilines is 1. The van der Waals surface area contributed by atoms with Crippen molar-refractivity contribution in [1.29, 1.82) is 0 Å². The third-order valence-electron chi connectivity index (χ3n) is 2.74. The van der Waals surface area contributed by atoms with Crippen LogP contribution in [0.3, 0.4) is 0 Å². The van der Waals surface area contributed by atoms with E-state index in [4.69, 9.17) is 0 Å². The molecule has 0 atom stereocenters. The van der Waals surface area contributed by atoms with Crippen LogP contribution in [0.5, 0.6) is 0 Å². The lowest BCUT2D eigenvalue weighted by molar-refractivity contribution is -0.151. The van der Waals surface area contributed by atoms with Crippen molar-refractivity contribution in [2.24, 2.45) is 0 Å². The summed E-state index contributed by atoms with van der Waals surface area (Å²) in [5.74, 6) is 0.572. The van der Waals surface area contributed by atoms with Crippen LogP contribution in [-0.4, -0.2) is 21.1 Å². The lowest BCUT2D eigenvalue weighted by Crippen LogP contribution is -2.38. The van der Waals surface area contributed by atoms with Crippen LogP contribution >= 0.6 is 11.5 Å². The first-order chi connectivity index (χ1) is 7.64. The summed E-state index contributed by atoms with van der Waals surface area (Å²) in [7, 11) is 0. The fourth-order valence-electron chi connectivity index (χ4n) is 1.39. The van der Waals surface area contributed by atoms with Crippen LogP contribution in [-0.2, 0) is 5.41 Å². The molecule has 0 bridgehead atoms. The van der Waals surface area contributed by atoms with Gasteiger partial charge in [0, 0.05) is 16.9 Å². The van der Waals surface area contributed by atoms with Gasteiger partial charge in [0.15, 0.2) is 0 Å². The van der Waals surface area contributed by atoms with E-state index < -0.39 is 11.7 Å². The zero-order valence-corrected chi connectivity index (χ0v) is 10.7. The van der Waals surface area contributed by atoms with Gasteiger partial charge in [-0.3, -0.25) is 0 Å². The van der Waals surface area contributed by atoms with Gasteiger partial charge < -0.3 is 5.32 Å². The molecule has 1 aliphatic rings. The zero-order chi connectivity index (χ0) is 12.9. The second kappa shape index (κ2) is 3.57. The van der Waals surface area contributed by atoms with E-state index in [0.717, 1.165) is 11.5 Å². The minimum atomic E-state index is -4.22. The van der Waals surface area contributed by atoms with Crippen LogP contribution in [0.1, 0.15) is 39.4 Å². The predicted molar refractivity (Wildman–Crippen MR) is 60.3 cm³/mol. The van der Waals surface area contributed by atoms with Crippen LogP contribution < -0.4 is 5.32 Å². The Kier molecular flexibility index (Phi) is 2.65. The fraction of sp³-hybridized carbons (Fsp3) is 0.800. The number of nitrogens with one attached hydrogen (secondary N) is 1. The highest BCUT2D eigenvalue weighted by molar-refractivity contribution is 7.09. The monoisotopic (exact) mass is 265 g/mol. The molecule has 1 fully saturated rings. The molecule has 1 aliphatic carbocycles. The first-order valence-corrected chi connectivity index (χ1v) is 6.10. The van der Waals surface area contributed by atoms with E-state index in [0.29, 0.717) is 5.82 Å². The second-order valence-electron chi connectivity index (χ2n) is 5.38. The molecule has 1 aromatic rings. The molecule has 2 rings (SSSR count). The molecule has 7 heteroatoms. The van der Waals surface area contributed by atoms with Crippen LogP contribution in [0.25, 0.3) is 0 Å². The van der Waals surface area contributed by atoms with Crippen molar-refractivity contribution in [1.82, 2.24) is 9.36 Å². The number of nitrogens with zero attached hydrogens (tertiary/aromatic N) is 2. The highest BCUT2D eigenvalue weighted by Gasteiger charge is 2.64. The summed E-state index contributed by atoms with van der Waals surface area (Å²) in [6.07, 6.45) is -4.00. The highest BCUT2D eigenvalue weighted by atomic mass is 32.1. The first-order valence-electron chi connectivity index (χ1n) is 5.33. The third-order valence-corrected chi connectivity index (χ3v) is 3.37. The van der Waals surface area contributed by atoms with E-state index in [2.05, 4.69) is 14.7 Å². The molecule has 17 heavy (non-hydrogen) atoms. The minimum absolute atomic E-state index is 0.112.